The molecule has 0 bridgehead atoms. The second-order valence-corrected chi connectivity index (χ2v) is 5.63. The fraction of sp³-hybridized carbons (Fsp3) is 0.571. The van der Waals surface area contributed by atoms with Gasteiger partial charge in [-0.05, 0) is 49.8 Å². The zero-order valence-corrected chi connectivity index (χ0v) is 11.5. The van der Waals surface area contributed by atoms with Gasteiger partial charge in [0.2, 0.25) is 0 Å². The van der Waals surface area contributed by atoms with Gasteiger partial charge in [0.15, 0.2) is 0 Å². The summed E-state index contributed by atoms with van der Waals surface area (Å²) in [6.45, 7) is 2.87. The van der Waals surface area contributed by atoms with E-state index in [-0.39, 0.29) is 5.38 Å². The molecular formula is C14H18Cl2O. The molecule has 0 saturated heterocycles. The minimum absolute atomic E-state index is 0.0971. The lowest BCUT2D eigenvalue weighted by molar-refractivity contribution is -0.0267. The summed E-state index contributed by atoms with van der Waals surface area (Å²) < 4.78 is 5.55. The fourth-order valence-electron chi connectivity index (χ4n) is 2.34. The van der Waals surface area contributed by atoms with Crippen molar-refractivity contribution in [1.82, 2.24) is 0 Å². The van der Waals surface area contributed by atoms with E-state index < -0.39 is 0 Å². The predicted octanol–water partition coefficient (Wildman–Crippen LogP) is 4.83. The van der Waals surface area contributed by atoms with Crippen molar-refractivity contribution < 1.29 is 4.74 Å². The lowest BCUT2D eigenvalue weighted by atomic mass is 9.78. The Morgan fingerprint density at radius 3 is 2.53 bits per heavy atom. The summed E-state index contributed by atoms with van der Waals surface area (Å²) in [7, 11) is 0. The molecule has 1 nitrogen and oxygen atoms in total. The van der Waals surface area contributed by atoms with E-state index in [1.54, 1.807) is 0 Å². The van der Waals surface area contributed by atoms with E-state index in [0.29, 0.717) is 12.0 Å². The van der Waals surface area contributed by atoms with E-state index in [1.807, 2.05) is 31.2 Å². The molecule has 0 heterocycles. The lowest BCUT2D eigenvalue weighted by Crippen LogP contribution is -2.31. The fourth-order valence-corrected chi connectivity index (χ4v) is 2.86. The highest BCUT2D eigenvalue weighted by atomic mass is 35.5. The van der Waals surface area contributed by atoms with Crippen LogP contribution in [0.3, 0.4) is 0 Å². The molecular weight excluding hydrogens is 255 g/mol. The molecule has 1 atom stereocenters. The molecule has 1 fully saturated rings. The monoisotopic (exact) mass is 272 g/mol. The third kappa shape index (κ3) is 3.61. The van der Waals surface area contributed by atoms with Crippen LogP contribution in [0.15, 0.2) is 24.3 Å². The number of rotatable bonds is 5. The predicted molar refractivity (Wildman–Crippen MR) is 72.8 cm³/mol. The van der Waals surface area contributed by atoms with Crippen LogP contribution < -0.4 is 0 Å². The average molecular weight is 273 g/mol. The van der Waals surface area contributed by atoms with Crippen LogP contribution in [0.5, 0.6) is 0 Å². The van der Waals surface area contributed by atoms with Crippen molar-refractivity contribution in [3.8, 4) is 0 Å². The minimum Gasteiger partial charge on any atom is -0.378 e. The molecule has 1 aliphatic carbocycles. The van der Waals surface area contributed by atoms with Gasteiger partial charge < -0.3 is 4.74 Å². The van der Waals surface area contributed by atoms with Crippen LogP contribution in [-0.4, -0.2) is 12.7 Å². The first-order chi connectivity index (χ1) is 8.19. The zero-order valence-electron chi connectivity index (χ0n) is 10.0. The number of hydrogen-bond acceptors (Lipinski definition) is 1. The zero-order chi connectivity index (χ0) is 12.3. The first-order valence-electron chi connectivity index (χ1n) is 6.20. The van der Waals surface area contributed by atoms with Gasteiger partial charge in [-0.1, -0.05) is 23.7 Å². The molecule has 94 valence electrons. The van der Waals surface area contributed by atoms with E-state index in [4.69, 9.17) is 27.9 Å². The summed E-state index contributed by atoms with van der Waals surface area (Å²) >= 11 is 12.3. The van der Waals surface area contributed by atoms with Crippen LogP contribution >= 0.6 is 23.2 Å². The molecule has 1 aromatic rings. The van der Waals surface area contributed by atoms with Crippen molar-refractivity contribution in [2.24, 2.45) is 5.92 Å². The van der Waals surface area contributed by atoms with Gasteiger partial charge in [-0.2, -0.15) is 0 Å². The van der Waals surface area contributed by atoms with Crippen LogP contribution in [0, 0.1) is 5.92 Å². The SMILES string of the molecule is CCOC1CC(CC(Cl)c2ccc(Cl)cc2)C1. The van der Waals surface area contributed by atoms with E-state index >= 15 is 0 Å². The molecule has 0 aliphatic heterocycles. The lowest BCUT2D eigenvalue weighted by Gasteiger charge is -2.36. The van der Waals surface area contributed by atoms with Crippen molar-refractivity contribution in [2.45, 2.75) is 37.7 Å². The maximum atomic E-state index is 6.41. The second kappa shape index (κ2) is 6.08. The molecule has 1 saturated carbocycles. The number of benzene rings is 1. The smallest absolute Gasteiger partial charge is 0.0587 e. The minimum atomic E-state index is 0.0971. The molecule has 0 aromatic heterocycles. The highest BCUT2D eigenvalue weighted by Crippen LogP contribution is 2.39. The molecule has 3 heteroatoms. The molecule has 0 N–H and O–H groups in total. The Bertz CT molecular complexity index is 344. The Hall–Kier alpha value is -0.240. The molecule has 17 heavy (non-hydrogen) atoms. The molecule has 2 rings (SSSR count). The number of alkyl halides is 1. The Labute approximate surface area is 113 Å². The van der Waals surface area contributed by atoms with Gasteiger partial charge in [0.1, 0.15) is 0 Å². The standard InChI is InChI=1S/C14H18Cl2O/c1-2-17-13-7-10(8-13)9-14(16)11-3-5-12(15)6-4-11/h3-6,10,13-14H,2,7-9H2,1H3. The van der Waals surface area contributed by atoms with Crippen molar-refractivity contribution >= 4 is 23.2 Å². The highest BCUT2D eigenvalue weighted by Gasteiger charge is 2.31. The van der Waals surface area contributed by atoms with E-state index in [1.165, 1.54) is 0 Å². The largest absolute Gasteiger partial charge is 0.378 e. The highest BCUT2D eigenvalue weighted by molar-refractivity contribution is 6.30. The van der Waals surface area contributed by atoms with E-state index in [9.17, 15) is 0 Å². The summed E-state index contributed by atoms with van der Waals surface area (Å²) in [5.41, 5.74) is 1.16. The van der Waals surface area contributed by atoms with Crippen molar-refractivity contribution in [1.29, 1.82) is 0 Å². The maximum absolute atomic E-state index is 6.41. The molecule has 1 unspecified atom stereocenters. The third-order valence-corrected chi connectivity index (χ3v) is 4.05. The van der Waals surface area contributed by atoms with Crippen molar-refractivity contribution in [3.63, 3.8) is 0 Å². The number of hydrogen-bond donors (Lipinski definition) is 0. The van der Waals surface area contributed by atoms with E-state index in [2.05, 4.69) is 0 Å². The van der Waals surface area contributed by atoms with Gasteiger partial charge in [0.25, 0.3) is 0 Å². The van der Waals surface area contributed by atoms with Crippen LogP contribution in [0.4, 0.5) is 0 Å². The van der Waals surface area contributed by atoms with Gasteiger partial charge in [-0.3, -0.25) is 0 Å². The molecule has 0 radical (unpaired) electrons. The third-order valence-electron chi connectivity index (χ3n) is 3.37. The van der Waals surface area contributed by atoms with E-state index in [0.717, 1.165) is 36.5 Å². The van der Waals surface area contributed by atoms with Crippen LogP contribution in [0.25, 0.3) is 0 Å². The van der Waals surface area contributed by atoms with Crippen molar-refractivity contribution in [2.75, 3.05) is 6.61 Å². The average Bonchev–Trinajstić information content (AvgIpc) is 2.27. The Morgan fingerprint density at radius 2 is 1.94 bits per heavy atom. The summed E-state index contributed by atoms with van der Waals surface area (Å²) in [5, 5.41) is 0.859. The summed E-state index contributed by atoms with van der Waals surface area (Å²) in [6.07, 6.45) is 3.82. The summed E-state index contributed by atoms with van der Waals surface area (Å²) in [5.74, 6) is 0.713. The number of ether oxygens (including phenoxy) is 1. The molecule has 1 aliphatic rings. The first kappa shape index (κ1) is 13.2. The normalized spacial score (nSPS) is 25.4. The Balaban J connectivity index is 1.78. The molecule has 0 spiro atoms. The first-order valence-corrected chi connectivity index (χ1v) is 7.01. The summed E-state index contributed by atoms with van der Waals surface area (Å²) in [6, 6.07) is 7.82. The Kier molecular flexibility index (Phi) is 4.72. The van der Waals surface area contributed by atoms with Gasteiger partial charge in [0, 0.05) is 11.6 Å². The van der Waals surface area contributed by atoms with Crippen molar-refractivity contribution in [3.05, 3.63) is 34.9 Å². The molecule has 1 aromatic carbocycles. The van der Waals surface area contributed by atoms with Gasteiger partial charge in [-0.25, -0.2) is 0 Å². The van der Waals surface area contributed by atoms with Crippen LogP contribution in [0.2, 0.25) is 5.02 Å². The maximum Gasteiger partial charge on any atom is 0.0587 e. The topological polar surface area (TPSA) is 9.23 Å². The quantitative estimate of drug-likeness (QED) is 0.698. The van der Waals surface area contributed by atoms with Gasteiger partial charge in [-0.15, -0.1) is 11.6 Å². The Morgan fingerprint density at radius 1 is 1.29 bits per heavy atom. The second-order valence-electron chi connectivity index (χ2n) is 4.67. The van der Waals surface area contributed by atoms with Crippen LogP contribution in [0.1, 0.15) is 37.1 Å². The number of halogens is 2. The van der Waals surface area contributed by atoms with Gasteiger partial charge in [0.05, 0.1) is 11.5 Å². The van der Waals surface area contributed by atoms with Gasteiger partial charge >= 0.3 is 0 Å². The van der Waals surface area contributed by atoms with Crippen LogP contribution in [-0.2, 0) is 4.74 Å². The molecule has 0 amide bonds. The summed E-state index contributed by atoms with van der Waals surface area (Å²) in [4.78, 5) is 0.